The molecule has 0 amide bonds. The fraction of sp³-hybridized carbons (Fsp3) is 0.867. The average molecular weight is 507 g/mol. The maximum atomic E-state index is 11.3. The first-order valence-corrected chi connectivity index (χ1v) is 15.7. The Labute approximate surface area is 215 Å². The molecule has 5 heteroatoms. The second-order valence-electron chi connectivity index (χ2n) is 13.7. The number of hydrogen-bond donors (Lipinski definition) is 1. The Hall–Kier alpha value is -0.650. The molecular weight excluding hydrogens is 456 g/mol. The highest BCUT2D eigenvalue weighted by Crippen LogP contribution is 2.67. The molecule has 1 N–H and O–H groups in total. The van der Waals surface area contributed by atoms with Crippen molar-refractivity contribution in [2.45, 2.75) is 106 Å². The van der Waals surface area contributed by atoms with Crippen molar-refractivity contribution in [3.05, 3.63) is 23.8 Å². The van der Waals surface area contributed by atoms with E-state index in [0.29, 0.717) is 47.8 Å². The van der Waals surface area contributed by atoms with Crippen LogP contribution in [0.15, 0.2) is 23.8 Å². The molecule has 4 rings (SSSR count). The fourth-order valence-corrected chi connectivity index (χ4v) is 9.95. The van der Waals surface area contributed by atoms with Gasteiger partial charge in [-0.15, -0.1) is 0 Å². The van der Waals surface area contributed by atoms with E-state index in [9.17, 15) is 8.42 Å². The summed E-state index contributed by atoms with van der Waals surface area (Å²) in [5, 5.41) is 0. The van der Waals surface area contributed by atoms with Crippen molar-refractivity contribution in [2.75, 3.05) is 0 Å². The van der Waals surface area contributed by atoms with E-state index in [0.717, 1.165) is 30.6 Å². The fourth-order valence-electron chi connectivity index (χ4n) is 9.44. The van der Waals surface area contributed by atoms with Crippen molar-refractivity contribution >= 4 is 10.4 Å². The molecule has 0 aromatic carbocycles. The summed E-state index contributed by atoms with van der Waals surface area (Å²) in [6.45, 7) is 16.9. The van der Waals surface area contributed by atoms with Crippen molar-refractivity contribution in [3.63, 3.8) is 0 Å². The van der Waals surface area contributed by atoms with Crippen molar-refractivity contribution in [1.29, 1.82) is 0 Å². The summed E-state index contributed by atoms with van der Waals surface area (Å²) in [7, 11) is -4.39. The third-order valence-corrected chi connectivity index (χ3v) is 11.7. The maximum absolute atomic E-state index is 11.3. The average Bonchev–Trinajstić information content (AvgIpc) is 3.09. The topological polar surface area (TPSA) is 63.6 Å². The molecule has 3 saturated carbocycles. The van der Waals surface area contributed by atoms with Crippen LogP contribution in [0.3, 0.4) is 0 Å². The zero-order valence-corrected chi connectivity index (χ0v) is 24.0. The Morgan fingerprint density at radius 2 is 1.66 bits per heavy atom. The lowest BCUT2D eigenvalue weighted by Crippen LogP contribution is -2.51. The van der Waals surface area contributed by atoms with E-state index in [1.807, 2.05) is 0 Å². The zero-order valence-electron chi connectivity index (χ0n) is 23.2. The summed E-state index contributed by atoms with van der Waals surface area (Å²) in [6, 6.07) is 0. The summed E-state index contributed by atoms with van der Waals surface area (Å²) < 4.78 is 36.7. The highest BCUT2D eigenvalue weighted by Gasteiger charge is 2.59. The Balaban J connectivity index is 1.50. The van der Waals surface area contributed by atoms with E-state index in [1.165, 1.54) is 31.3 Å². The molecule has 35 heavy (non-hydrogen) atoms. The molecule has 200 valence electrons. The third kappa shape index (κ3) is 5.21. The van der Waals surface area contributed by atoms with Crippen LogP contribution in [0.4, 0.5) is 0 Å². The molecule has 0 radical (unpaired) electrons. The largest absolute Gasteiger partial charge is 0.397 e. The van der Waals surface area contributed by atoms with Crippen LogP contribution in [0.1, 0.15) is 99.8 Å². The van der Waals surface area contributed by atoms with E-state index in [-0.39, 0.29) is 5.41 Å². The molecule has 0 unspecified atom stereocenters. The SMILES string of the molecule is CC(C)C(/C=C/[C@H](C)[C@@H]1CC[C@@H]2[C@H]3CC=C4C[C@@H](OS(=O)(=O)O)CC[C@]4(C)[C@H]3CC[C@@]21C)C(C)C. The minimum Gasteiger partial charge on any atom is -0.264 e. The molecule has 0 bridgehead atoms. The molecule has 0 aromatic heterocycles. The smallest absolute Gasteiger partial charge is 0.264 e. The van der Waals surface area contributed by atoms with Crippen molar-refractivity contribution in [2.24, 2.45) is 58.2 Å². The van der Waals surface area contributed by atoms with Crippen LogP contribution in [0.25, 0.3) is 0 Å². The minimum atomic E-state index is -4.39. The van der Waals surface area contributed by atoms with Crippen LogP contribution >= 0.6 is 0 Å². The van der Waals surface area contributed by atoms with Gasteiger partial charge in [0, 0.05) is 0 Å². The second-order valence-corrected chi connectivity index (χ2v) is 14.7. The van der Waals surface area contributed by atoms with Crippen LogP contribution in [0.5, 0.6) is 0 Å². The highest BCUT2D eigenvalue weighted by molar-refractivity contribution is 7.80. The lowest BCUT2D eigenvalue weighted by atomic mass is 9.47. The summed E-state index contributed by atoms with van der Waals surface area (Å²) >= 11 is 0. The molecule has 0 heterocycles. The van der Waals surface area contributed by atoms with Gasteiger partial charge < -0.3 is 0 Å². The Bertz CT molecular complexity index is 926. The van der Waals surface area contributed by atoms with Gasteiger partial charge in [-0.1, -0.05) is 72.3 Å². The van der Waals surface area contributed by atoms with Gasteiger partial charge in [-0.05, 0) is 110 Å². The summed E-state index contributed by atoms with van der Waals surface area (Å²) in [5.41, 5.74) is 1.94. The predicted octanol–water partition coefficient (Wildman–Crippen LogP) is 7.87. The van der Waals surface area contributed by atoms with Crippen molar-refractivity contribution < 1.29 is 17.2 Å². The zero-order chi connectivity index (χ0) is 25.8. The number of rotatable bonds is 7. The molecule has 4 aliphatic carbocycles. The summed E-state index contributed by atoms with van der Waals surface area (Å²) in [6.07, 6.45) is 15.8. The Morgan fingerprint density at radius 1 is 0.971 bits per heavy atom. The van der Waals surface area contributed by atoms with E-state index < -0.39 is 16.5 Å². The lowest BCUT2D eigenvalue weighted by molar-refractivity contribution is -0.0527. The molecule has 3 fully saturated rings. The molecular formula is C30H50O4S. The molecule has 8 atom stereocenters. The summed E-state index contributed by atoms with van der Waals surface area (Å²) in [4.78, 5) is 0. The van der Waals surface area contributed by atoms with Gasteiger partial charge in [-0.25, -0.2) is 4.18 Å². The van der Waals surface area contributed by atoms with Gasteiger partial charge in [-0.3, -0.25) is 4.55 Å². The van der Waals surface area contributed by atoms with Gasteiger partial charge in [0.05, 0.1) is 6.10 Å². The minimum absolute atomic E-state index is 0.147. The van der Waals surface area contributed by atoms with Crippen LogP contribution < -0.4 is 0 Å². The second kappa shape index (κ2) is 9.91. The monoisotopic (exact) mass is 506 g/mol. The highest BCUT2D eigenvalue weighted by atomic mass is 32.3. The first-order valence-electron chi connectivity index (χ1n) is 14.3. The first kappa shape index (κ1) is 27.4. The number of fused-ring (bicyclic) bond motifs is 5. The van der Waals surface area contributed by atoms with Gasteiger partial charge in [0.2, 0.25) is 0 Å². The summed E-state index contributed by atoms with van der Waals surface area (Å²) in [5.74, 6) is 5.62. The maximum Gasteiger partial charge on any atom is 0.397 e. The lowest BCUT2D eigenvalue weighted by Gasteiger charge is -2.58. The number of allylic oxidation sites excluding steroid dienone is 3. The van der Waals surface area contributed by atoms with Gasteiger partial charge in [-0.2, -0.15) is 8.42 Å². The Kier molecular flexibility index (Phi) is 7.75. The van der Waals surface area contributed by atoms with E-state index >= 15 is 0 Å². The first-order chi connectivity index (χ1) is 16.3. The molecule has 0 aromatic rings. The van der Waals surface area contributed by atoms with E-state index in [1.54, 1.807) is 0 Å². The molecule has 0 saturated heterocycles. The van der Waals surface area contributed by atoms with Gasteiger partial charge in [0.1, 0.15) is 0 Å². The Morgan fingerprint density at radius 3 is 2.29 bits per heavy atom. The normalized spacial score (nSPS) is 40.7. The predicted molar refractivity (Wildman–Crippen MR) is 143 cm³/mol. The van der Waals surface area contributed by atoms with Gasteiger partial charge in [0.15, 0.2) is 0 Å². The molecule has 4 aliphatic rings. The van der Waals surface area contributed by atoms with Gasteiger partial charge >= 0.3 is 10.4 Å². The van der Waals surface area contributed by atoms with Crippen LogP contribution in [-0.2, 0) is 14.6 Å². The number of hydrogen-bond acceptors (Lipinski definition) is 3. The third-order valence-electron chi connectivity index (χ3n) is 11.2. The van der Waals surface area contributed by atoms with Crippen LogP contribution in [0, 0.1) is 58.2 Å². The van der Waals surface area contributed by atoms with E-state index in [2.05, 4.69) is 66.7 Å². The molecule has 4 nitrogen and oxygen atoms in total. The van der Waals surface area contributed by atoms with Crippen LogP contribution in [0.2, 0.25) is 0 Å². The molecule has 0 spiro atoms. The van der Waals surface area contributed by atoms with Crippen LogP contribution in [-0.4, -0.2) is 19.1 Å². The van der Waals surface area contributed by atoms with Gasteiger partial charge in [0.25, 0.3) is 0 Å². The standard InChI is InChI=1S/C30H50O4S/c1-19(2)24(20(3)4)10-8-21(5)26-12-13-27-25-11-9-22-18-23(34-35(31,32)33)14-16-29(22,6)28(25)15-17-30(26,27)7/h8-10,19-21,23-28H,11-18H2,1-7H3,(H,31,32,33)/b10-8+/t21-,23-,25+,26-,27+,28-,29-,30+/m0/s1. The van der Waals surface area contributed by atoms with Crippen molar-refractivity contribution in [1.82, 2.24) is 0 Å². The molecule has 0 aliphatic heterocycles. The van der Waals surface area contributed by atoms with Crippen molar-refractivity contribution in [3.8, 4) is 0 Å². The quantitative estimate of drug-likeness (QED) is 0.282. The van der Waals surface area contributed by atoms with E-state index in [4.69, 9.17) is 8.74 Å².